The van der Waals surface area contributed by atoms with Crippen LogP contribution in [0.1, 0.15) is 16.1 Å². The van der Waals surface area contributed by atoms with E-state index in [-0.39, 0.29) is 33.4 Å². The zero-order valence-electron chi connectivity index (χ0n) is 17.1. The molecular weight excluding hydrogens is 465 g/mol. The number of aromatic nitrogens is 1. The number of anilines is 1. The number of aryl methyl sites for hydroxylation is 1. The zero-order valence-corrected chi connectivity index (χ0v) is 19.4. The maximum Gasteiger partial charge on any atom is 0.261 e. The molecule has 0 saturated heterocycles. The third kappa shape index (κ3) is 4.40. The predicted molar refractivity (Wildman–Crippen MR) is 119 cm³/mol. The molecule has 164 valence electrons. The number of hydrogen-bond donors (Lipinski definition) is 1. The molecule has 0 atom stereocenters. The van der Waals surface area contributed by atoms with Crippen LogP contribution in [0.2, 0.25) is 10.0 Å². The Bertz CT molecular complexity index is 1240. The lowest BCUT2D eigenvalue weighted by atomic mass is 10.1. The van der Waals surface area contributed by atoms with Crippen molar-refractivity contribution in [2.75, 3.05) is 26.5 Å². The van der Waals surface area contributed by atoms with Crippen LogP contribution < -0.4 is 10.1 Å². The summed E-state index contributed by atoms with van der Waals surface area (Å²) in [6.07, 6.45) is 0. The summed E-state index contributed by atoms with van der Waals surface area (Å²) in [4.78, 5) is 13.2. The van der Waals surface area contributed by atoms with Crippen molar-refractivity contribution in [3.63, 3.8) is 0 Å². The Morgan fingerprint density at radius 1 is 1.16 bits per heavy atom. The molecule has 3 rings (SSSR count). The Hall–Kier alpha value is -2.59. The van der Waals surface area contributed by atoms with Crippen molar-refractivity contribution in [2.24, 2.45) is 0 Å². The van der Waals surface area contributed by atoms with Gasteiger partial charge in [0.2, 0.25) is 10.0 Å². The van der Waals surface area contributed by atoms with Gasteiger partial charge in [0, 0.05) is 19.7 Å². The van der Waals surface area contributed by atoms with E-state index in [1.807, 2.05) is 0 Å². The smallest absolute Gasteiger partial charge is 0.261 e. The molecule has 1 amide bonds. The average Bonchev–Trinajstić information content (AvgIpc) is 3.08. The molecule has 8 nitrogen and oxygen atoms in total. The molecule has 2 aromatic carbocycles. The molecule has 0 saturated carbocycles. The minimum Gasteiger partial charge on any atom is -0.495 e. The van der Waals surface area contributed by atoms with Gasteiger partial charge in [-0.05, 0) is 37.3 Å². The second kappa shape index (κ2) is 8.88. The van der Waals surface area contributed by atoms with Gasteiger partial charge in [0.1, 0.15) is 22.8 Å². The summed E-state index contributed by atoms with van der Waals surface area (Å²) >= 11 is 12.5. The number of amides is 1. The van der Waals surface area contributed by atoms with Crippen molar-refractivity contribution < 1.29 is 22.5 Å². The first kappa shape index (κ1) is 23.1. The van der Waals surface area contributed by atoms with Gasteiger partial charge in [-0.25, -0.2) is 12.7 Å². The fraction of sp³-hybridized carbons (Fsp3) is 0.200. The SMILES string of the molecule is COc1ccc(S(=O)(=O)N(C)C)cc1NC(=O)c1c(-c2c(Cl)cccc2Cl)noc1C. The molecule has 31 heavy (non-hydrogen) atoms. The fourth-order valence-electron chi connectivity index (χ4n) is 2.88. The number of benzene rings is 2. The van der Waals surface area contributed by atoms with E-state index < -0.39 is 15.9 Å². The van der Waals surface area contributed by atoms with Crippen LogP contribution in [-0.2, 0) is 10.0 Å². The summed E-state index contributed by atoms with van der Waals surface area (Å²) < 4.78 is 36.5. The highest BCUT2D eigenvalue weighted by Gasteiger charge is 2.26. The molecule has 0 spiro atoms. The van der Waals surface area contributed by atoms with Crippen molar-refractivity contribution in [1.82, 2.24) is 9.46 Å². The minimum absolute atomic E-state index is 0.00925. The largest absolute Gasteiger partial charge is 0.495 e. The summed E-state index contributed by atoms with van der Waals surface area (Å²) in [5, 5.41) is 7.22. The highest BCUT2D eigenvalue weighted by molar-refractivity contribution is 7.89. The first-order valence-electron chi connectivity index (χ1n) is 8.90. The monoisotopic (exact) mass is 483 g/mol. The Labute approximate surface area is 189 Å². The first-order valence-corrected chi connectivity index (χ1v) is 11.1. The van der Waals surface area contributed by atoms with Crippen molar-refractivity contribution in [3.05, 3.63) is 57.8 Å². The highest BCUT2D eigenvalue weighted by atomic mass is 35.5. The molecule has 1 aromatic heterocycles. The molecular formula is C20H19Cl2N3O5S. The van der Waals surface area contributed by atoms with Gasteiger partial charge in [0.25, 0.3) is 5.91 Å². The van der Waals surface area contributed by atoms with E-state index in [2.05, 4.69) is 10.5 Å². The van der Waals surface area contributed by atoms with E-state index in [0.29, 0.717) is 15.6 Å². The maximum absolute atomic E-state index is 13.2. The second-order valence-corrected chi connectivity index (χ2v) is 9.63. The molecule has 1 heterocycles. The summed E-state index contributed by atoms with van der Waals surface area (Å²) in [7, 11) is 0.513. The molecule has 0 aliphatic heterocycles. The molecule has 0 aliphatic carbocycles. The number of sulfonamides is 1. The number of carbonyl (C=O) groups excluding carboxylic acids is 1. The van der Waals surface area contributed by atoms with Crippen LogP contribution in [0.4, 0.5) is 5.69 Å². The van der Waals surface area contributed by atoms with Crippen LogP contribution in [-0.4, -0.2) is 45.0 Å². The Balaban J connectivity index is 2.07. The summed E-state index contributed by atoms with van der Waals surface area (Å²) in [5.41, 5.74) is 0.788. The normalized spacial score (nSPS) is 11.6. The molecule has 11 heteroatoms. The standard InChI is InChI=1S/C20H19Cl2N3O5S/c1-11-17(19(24-30-11)18-13(21)6-5-7-14(18)22)20(26)23-15-10-12(8-9-16(15)29-4)31(27,28)25(2)3/h5-10H,1-4H3,(H,23,26). The molecule has 0 fully saturated rings. The van der Waals surface area contributed by atoms with Crippen LogP contribution in [0.25, 0.3) is 11.3 Å². The van der Waals surface area contributed by atoms with E-state index in [9.17, 15) is 13.2 Å². The molecule has 0 bridgehead atoms. The lowest BCUT2D eigenvalue weighted by molar-refractivity contribution is 0.102. The maximum atomic E-state index is 13.2. The lowest BCUT2D eigenvalue weighted by Crippen LogP contribution is -2.22. The van der Waals surface area contributed by atoms with Crippen LogP contribution in [0.5, 0.6) is 5.75 Å². The van der Waals surface area contributed by atoms with Crippen LogP contribution >= 0.6 is 23.2 Å². The fourth-order valence-corrected chi connectivity index (χ4v) is 4.38. The highest BCUT2D eigenvalue weighted by Crippen LogP contribution is 2.37. The average molecular weight is 484 g/mol. The number of nitrogens with one attached hydrogen (secondary N) is 1. The molecule has 3 aromatic rings. The summed E-state index contributed by atoms with van der Waals surface area (Å²) in [5.74, 6) is -0.0838. The van der Waals surface area contributed by atoms with Crippen LogP contribution in [0, 0.1) is 6.92 Å². The van der Waals surface area contributed by atoms with Gasteiger partial charge in [-0.15, -0.1) is 0 Å². The summed E-state index contributed by atoms with van der Waals surface area (Å²) in [6.45, 7) is 1.57. The zero-order chi connectivity index (χ0) is 22.9. The van der Waals surface area contributed by atoms with Gasteiger partial charge in [0.05, 0.1) is 27.7 Å². The third-order valence-corrected chi connectivity index (χ3v) is 6.93. The van der Waals surface area contributed by atoms with Gasteiger partial charge in [-0.3, -0.25) is 4.79 Å². The number of hydrogen-bond acceptors (Lipinski definition) is 6. The molecule has 0 radical (unpaired) electrons. The third-order valence-electron chi connectivity index (χ3n) is 4.49. The van der Waals surface area contributed by atoms with Crippen molar-refractivity contribution in [2.45, 2.75) is 11.8 Å². The molecule has 0 unspecified atom stereocenters. The van der Waals surface area contributed by atoms with Gasteiger partial charge in [0.15, 0.2) is 0 Å². The van der Waals surface area contributed by atoms with Crippen LogP contribution in [0.3, 0.4) is 0 Å². The van der Waals surface area contributed by atoms with Gasteiger partial charge < -0.3 is 14.6 Å². The Morgan fingerprint density at radius 2 is 1.81 bits per heavy atom. The Morgan fingerprint density at radius 3 is 2.39 bits per heavy atom. The topological polar surface area (TPSA) is 102 Å². The van der Waals surface area contributed by atoms with Crippen molar-refractivity contribution >= 4 is 44.8 Å². The lowest BCUT2D eigenvalue weighted by Gasteiger charge is -2.15. The second-order valence-electron chi connectivity index (χ2n) is 6.66. The number of methoxy groups -OCH3 is 1. The molecule has 0 aliphatic rings. The van der Waals surface area contributed by atoms with E-state index in [0.717, 1.165) is 4.31 Å². The summed E-state index contributed by atoms with van der Waals surface area (Å²) in [6, 6.07) is 9.07. The predicted octanol–water partition coefficient (Wildman–Crippen LogP) is 4.47. The first-order chi connectivity index (χ1) is 14.6. The van der Waals surface area contributed by atoms with Gasteiger partial charge in [-0.2, -0.15) is 0 Å². The number of ether oxygens (including phenoxy) is 1. The number of halogens is 2. The van der Waals surface area contributed by atoms with Gasteiger partial charge in [-0.1, -0.05) is 34.4 Å². The van der Waals surface area contributed by atoms with Crippen molar-refractivity contribution in [1.29, 1.82) is 0 Å². The van der Waals surface area contributed by atoms with Crippen LogP contribution in [0.15, 0.2) is 45.8 Å². The number of carbonyl (C=O) groups is 1. The van der Waals surface area contributed by atoms with E-state index >= 15 is 0 Å². The Kier molecular flexibility index (Phi) is 6.61. The quantitative estimate of drug-likeness (QED) is 0.554. The number of rotatable bonds is 6. The van der Waals surface area contributed by atoms with E-state index in [1.165, 1.54) is 39.4 Å². The number of nitrogens with zero attached hydrogens (tertiary/aromatic N) is 2. The van der Waals surface area contributed by atoms with Gasteiger partial charge >= 0.3 is 0 Å². The molecule has 1 N–H and O–H groups in total. The van der Waals surface area contributed by atoms with E-state index in [1.54, 1.807) is 25.1 Å². The van der Waals surface area contributed by atoms with Crippen molar-refractivity contribution in [3.8, 4) is 17.0 Å². The van der Waals surface area contributed by atoms with E-state index in [4.69, 9.17) is 32.5 Å². The minimum atomic E-state index is -3.72.